The third-order valence-corrected chi connectivity index (χ3v) is 3.08. The van der Waals surface area contributed by atoms with Gasteiger partial charge >= 0.3 is 0 Å². The van der Waals surface area contributed by atoms with Gasteiger partial charge in [-0.25, -0.2) is 0 Å². The van der Waals surface area contributed by atoms with Crippen molar-refractivity contribution in [3.8, 4) is 11.5 Å². The SMILES string of the molecule is S=C(S)c1cccc2c1Nc1ccccc1O2. The second kappa shape index (κ2) is 4.05. The van der Waals surface area contributed by atoms with E-state index in [0.29, 0.717) is 4.20 Å². The number of anilines is 2. The summed E-state index contributed by atoms with van der Waals surface area (Å²) in [7, 11) is 0. The van der Waals surface area contributed by atoms with Gasteiger partial charge in [0.2, 0.25) is 0 Å². The number of nitrogens with one attached hydrogen (secondary N) is 1. The fourth-order valence-corrected chi connectivity index (χ4v) is 2.19. The van der Waals surface area contributed by atoms with E-state index in [9.17, 15) is 0 Å². The molecule has 0 bridgehead atoms. The Bertz CT molecular complexity index is 610. The first-order valence-electron chi connectivity index (χ1n) is 5.16. The summed E-state index contributed by atoms with van der Waals surface area (Å²) in [6.07, 6.45) is 0. The fourth-order valence-electron chi connectivity index (χ4n) is 1.84. The van der Waals surface area contributed by atoms with E-state index < -0.39 is 0 Å². The molecule has 17 heavy (non-hydrogen) atoms. The van der Waals surface area contributed by atoms with Gasteiger partial charge in [0.25, 0.3) is 0 Å². The van der Waals surface area contributed by atoms with Gasteiger partial charge in [-0.3, -0.25) is 0 Å². The lowest BCUT2D eigenvalue weighted by Crippen LogP contribution is -2.06. The van der Waals surface area contributed by atoms with Gasteiger partial charge < -0.3 is 10.1 Å². The summed E-state index contributed by atoms with van der Waals surface area (Å²) in [4.78, 5) is 0. The lowest BCUT2D eigenvalue weighted by Gasteiger charge is -2.23. The summed E-state index contributed by atoms with van der Waals surface area (Å²) >= 11 is 9.34. The molecule has 0 spiro atoms. The zero-order valence-electron chi connectivity index (χ0n) is 8.81. The molecule has 1 aliphatic rings. The quantitative estimate of drug-likeness (QED) is 0.506. The molecular weight excluding hydrogens is 250 g/mol. The zero-order chi connectivity index (χ0) is 11.8. The minimum absolute atomic E-state index is 0.553. The molecular formula is C13H9NOS2. The van der Waals surface area contributed by atoms with Gasteiger partial charge in [-0.15, -0.1) is 12.6 Å². The first kappa shape index (κ1) is 10.6. The molecule has 0 saturated heterocycles. The molecule has 2 aromatic carbocycles. The minimum Gasteiger partial charge on any atom is -0.453 e. The average molecular weight is 259 g/mol. The Balaban J connectivity index is 2.15. The van der Waals surface area contributed by atoms with Crippen molar-refractivity contribution < 1.29 is 4.74 Å². The van der Waals surface area contributed by atoms with Gasteiger partial charge in [0.1, 0.15) is 0 Å². The van der Waals surface area contributed by atoms with Gasteiger partial charge in [-0.05, 0) is 18.2 Å². The lowest BCUT2D eigenvalue weighted by molar-refractivity contribution is 0.481. The summed E-state index contributed by atoms with van der Waals surface area (Å²) in [6.45, 7) is 0. The van der Waals surface area contributed by atoms with Crippen molar-refractivity contribution in [1.29, 1.82) is 0 Å². The third kappa shape index (κ3) is 1.79. The summed E-state index contributed by atoms with van der Waals surface area (Å²) in [6, 6.07) is 13.5. The fraction of sp³-hybridized carbons (Fsp3) is 0. The number of ether oxygens (including phenoxy) is 1. The van der Waals surface area contributed by atoms with E-state index in [1.165, 1.54) is 0 Å². The highest BCUT2D eigenvalue weighted by atomic mass is 32.1. The molecule has 0 aromatic heterocycles. The Hall–Kier alpha value is -1.52. The second-order valence-electron chi connectivity index (χ2n) is 3.71. The van der Waals surface area contributed by atoms with Crippen LogP contribution >= 0.6 is 24.8 Å². The number of rotatable bonds is 1. The Morgan fingerprint density at radius 1 is 1.06 bits per heavy atom. The number of fused-ring (bicyclic) bond motifs is 2. The van der Waals surface area contributed by atoms with Crippen LogP contribution in [-0.2, 0) is 0 Å². The van der Waals surface area contributed by atoms with E-state index in [-0.39, 0.29) is 0 Å². The maximum absolute atomic E-state index is 5.81. The topological polar surface area (TPSA) is 21.3 Å². The van der Waals surface area contributed by atoms with Crippen LogP contribution in [0.4, 0.5) is 11.4 Å². The van der Waals surface area contributed by atoms with Gasteiger partial charge in [0, 0.05) is 5.56 Å². The maximum atomic E-state index is 5.81. The number of thiocarbonyl (C=S) groups is 1. The molecule has 4 heteroatoms. The van der Waals surface area contributed by atoms with Gasteiger partial charge in [-0.2, -0.15) is 0 Å². The van der Waals surface area contributed by atoms with Crippen molar-refractivity contribution in [1.82, 2.24) is 0 Å². The molecule has 2 aromatic rings. The van der Waals surface area contributed by atoms with E-state index in [2.05, 4.69) is 17.9 Å². The number of hydrogen-bond donors (Lipinski definition) is 2. The van der Waals surface area contributed by atoms with Crippen molar-refractivity contribution in [2.24, 2.45) is 0 Å². The molecule has 2 nitrogen and oxygen atoms in total. The van der Waals surface area contributed by atoms with Crippen molar-refractivity contribution in [3.63, 3.8) is 0 Å². The standard InChI is InChI=1S/C13H9NOS2/c16-13(17)8-4-3-7-11-12(8)14-9-5-1-2-6-10(9)15-11/h1-7,14H,(H,16,17). The van der Waals surface area contributed by atoms with Crippen LogP contribution in [0.3, 0.4) is 0 Å². The number of para-hydroxylation sites is 3. The van der Waals surface area contributed by atoms with E-state index in [4.69, 9.17) is 17.0 Å². The van der Waals surface area contributed by atoms with Crippen LogP contribution in [0.1, 0.15) is 5.56 Å². The zero-order valence-corrected chi connectivity index (χ0v) is 10.5. The Labute approximate surface area is 110 Å². The van der Waals surface area contributed by atoms with Crippen molar-refractivity contribution in [2.75, 3.05) is 5.32 Å². The Morgan fingerprint density at radius 3 is 2.65 bits per heavy atom. The van der Waals surface area contributed by atoms with E-state index >= 15 is 0 Å². The van der Waals surface area contributed by atoms with Crippen LogP contribution in [-0.4, -0.2) is 4.20 Å². The lowest BCUT2D eigenvalue weighted by atomic mass is 10.1. The summed E-state index contributed by atoms with van der Waals surface area (Å²) in [5, 5.41) is 3.33. The van der Waals surface area contributed by atoms with Crippen molar-refractivity contribution >= 4 is 40.4 Å². The van der Waals surface area contributed by atoms with Crippen LogP contribution in [0.15, 0.2) is 42.5 Å². The van der Waals surface area contributed by atoms with Crippen LogP contribution in [0.2, 0.25) is 0 Å². The number of benzene rings is 2. The molecule has 0 amide bonds. The second-order valence-corrected chi connectivity index (χ2v) is 4.87. The molecule has 0 saturated carbocycles. The van der Waals surface area contributed by atoms with Gasteiger partial charge in [0.15, 0.2) is 11.5 Å². The minimum atomic E-state index is 0.553. The molecule has 1 aliphatic heterocycles. The number of thiol groups is 1. The van der Waals surface area contributed by atoms with Crippen LogP contribution in [0.5, 0.6) is 11.5 Å². The van der Waals surface area contributed by atoms with Crippen molar-refractivity contribution in [3.05, 3.63) is 48.0 Å². The average Bonchev–Trinajstić information content (AvgIpc) is 2.35. The molecule has 1 N–H and O–H groups in total. The Kier molecular flexibility index (Phi) is 2.53. The molecule has 0 fully saturated rings. The first-order valence-corrected chi connectivity index (χ1v) is 6.01. The number of hydrogen-bond acceptors (Lipinski definition) is 3. The Morgan fingerprint density at radius 2 is 1.82 bits per heavy atom. The highest BCUT2D eigenvalue weighted by Gasteiger charge is 2.19. The van der Waals surface area contributed by atoms with Gasteiger partial charge in [-0.1, -0.05) is 36.5 Å². The third-order valence-electron chi connectivity index (χ3n) is 2.62. The molecule has 0 aliphatic carbocycles. The van der Waals surface area contributed by atoms with Crippen LogP contribution in [0.25, 0.3) is 0 Å². The summed E-state index contributed by atoms with van der Waals surface area (Å²) < 4.78 is 6.37. The molecule has 0 atom stereocenters. The molecule has 0 unspecified atom stereocenters. The smallest absolute Gasteiger partial charge is 0.151 e. The predicted molar refractivity (Wildman–Crippen MR) is 76.9 cm³/mol. The molecule has 84 valence electrons. The predicted octanol–water partition coefficient (Wildman–Crippen LogP) is 4.14. The van der Waals surface area contributed by atoms with Gasteiger partial charge in [0.05, 0.1) is 15.6 Å². The summed E-state index contributed by atoms with van der Waals surface area (Å²) in [5.74, 6) is 1.60. The van der Waals surface area contributed by atoms with Crippen LogP contribution < -0.4 is 10.1 Å². The van der Waals surface area contributed by atoms with Crippen LogP contribution in [0, 0.1) is 0 Å². The highest BCUT2D eigenvalue weighted by Crippen LogP contribution is 2.43. The largest absolute Gasteiger partial charge is 0.453 e. The maximum Gasteiger partial charge on any atom is 0.151 e. The monoisotopic (exact) mass is 259 g/mol. The van der Waals surface area contributed by atoms with E-state index in [1.807, 2.05) is 42.5 Å². The molecule has 1 heterocycles. The van der Waals surface area contributed by atoms with E-state index in [0.717, 1.165) is 28.4 Å². The normalized spacial score (nSPS) is 11.8. The summed E-state index contributed by atoms with van der Waals surface area (Å²) in [5.41, 5.74) is 2.71. The first-order chi connectivity index (χ1) is 8.25. The molecule has 3 rings (SSSR count). The molecule has 0 radical (unpaired) electrons. The van der Waals surface area contributed by atoms with E-state index in [1.54, 1.807) is 0 Å². The van der Waals surface area contributed by atoms with Crippen molar-refractivity contribution in [2.45, 2.75) is 0 Å². The highest BCUT2D eigenvalue weighted by molar-refractivity contribution is 8.11.